The molecule has 1 aromatic carbocycles. The van der Waals surface area contributed by atoms with E-state index < -0.39 is 5.91 Å². The Morgan fingerprint density at radius 2 is 2.21 bits per heavy atom. The molecule has 0 bridgehead atoms. The molecule has 0 aliphatic carbocycles. The first-order valence-electron chi connectivity index (χ1n) is 3.66. The summed E-state index contributed by atoms with van der Waals surface area (Å²) in [5.41, 5.74) is 10.9. The molecule has 1 rings (SSSR count). The Hall–Kier alpha value is -0.940. The number of nitrogen functional groups attached to an aromatic ring is 1. The molecule has 0 saturated heterocycles. The summed E-state index contributed by atoms with van der Waals surface area (Å²) in [6, 6.07) is 3.25. The molecular formula is C8H8BrClN2O2. The molecule has 0 aliphatic rings. The molecular weight excluding hydrogens is 271 g/mol. The maximum absolute atomic E-state index is 10.5. The Kier molecular flexibility index (Phi) is 3.60. The first kappa shape index (κ1) is 11.1. The minimum Gasteiger partial charge on any atom is -0.480 e. The van der Waals surface area contributed by atoms with Crippen molar-refractivity contribution in [1.29, 1.82) is 0 Å². The molecule has 1 aromatic rings. The van der Waals surface area contributed by atoms with Crippen molar-refractivity contribution < 1.29 is 9.53 Å². The molecule has 0 aliphatic heterocycles. The highest BCUT2D eigenvalue weighted by Crippen LogP contribution is 2.34. The van der Waals surface area contributed by atoms with Gasteiger partial charge in [0.25, 0.3) is 5.91 Å². The summed E-state index contributed by atoms with van der Waals surface area (Å²) in [5.74, 6) is -0.308. The van der Waals surface area contributed by atoms with Gasteiger partial charge in [0.2, 0.25) is 0 Å². The van der Waals surface area contributed by atoms with Crippen LogP contribution in [0.1, 0.15) is 0 Å². The zero-order chi connectivity index (χ0) is 10.7. The molecule has 0 aromatic heterocycles. The van der Waals surface area contributed by atoms with Gasteiger partial charge in [0.05, 0.1) is 10.7 Å². The Morgan fingerprint density at radius 3 is 2.71 bits per heavy atom. The number of primary amides is 1. The van der Waals surface area contributed by atoms with Crippen molar-refractivity contribution in [3.05, 3.63) is 21.6 Å². The summed E-state index contributed by atoms with van der Waals surface area (Å²) in [6.45, 7) is -0.244. The largest absolute Gasteiger partial charge is 0.480 e. The SMILES string of the molecule is NC(=O)COc1c(N)cc(Br)cc1Cl. The molecule has 1 amide bonds. The fraction of sp³-hybridized carbons (Fsp3) is 0.125. The van der Waals surface area contributed by atoms with Gasteiger partial charge in [-0.15, -0.1) is 0 Å². The Morgan fingerprint density at radius 1 is 1.57 bits per heavy atom. The third-order valence-corrected chi connectivity index (χ3v) is 2.13. The number of carbonyl (C=O) groups excluding carboxylic acids is 1. The van der Waals surface area contributed by atoms with Crippen LogP contribution >= 0.6 is 27.5 Å². The first-order chi connectivity index (χ1) is 6.50. The molecule has 0 saturated carbocycles. The number of rotatable bonds is 3. The van der Waals surface area contributed by atoms with Crippen molar-refractivity contribution in [2.45, 2.75) is 0 Å². The van der Waals surface area contributed by atoms with Gasteiger partial charge in [0, 0.05) is 4.47 Å². The molecule has 14 heavy (non-hydrogen) atoms. The second kappa shape index (κ2) is 4.52. The van der Waals surface area contributed by atoms with E-state index in [-0.39, 0.29) is 12.4 Å². The summed E-state index contributed by atoms with van der Waals surface area (Å²) in [5, 5.41) is 0.332. The van der Waals surface area contributed by atoms with Crippen LogP contribution in [-0.4, -0.2) is 12.5 Å². The maximum atomic E-state index is 10.5. The average molecular weight is 280 g/mol. The van der Waals surface area contributed by atoms with Crippen molar-refractivity contribution in [1.82, 2.24) is 0 Å². The van der Waals surface area contributed by atoms with Crippen LogP contribution in [-0.2, 0) is 4.79 Å². The quantitative estimate of drug-likeness (QED) is 0.824. The molecule has 6 heteroatoms. The number of ether oxygens (including phenoxy) is 1. The summed E-state index contributed by atoms with van der Waals surface area (Å²) in [4.78, 5) is 10.5. The number of anilines is 1. The number of carbonyl (C=O) groups is 1. The van der Waals surface area contributed by atoms with Gasteiger partial charge in [-0.2, -0.15) is 0 Å². The number of hydrogen-bond acceptors (Lipinski definition) is 3. The van der Waals surface area contributed by atoms with Gasteiger partial charge in [-0.1, -0.05) is 27.5 Å². The van der Waals surface area contributed by atoms with E-state index in [1.165, 1.54) is 0 Å². The predicted octanol–water partition coefficient (Wildman–Crippen LogP) is 1.55. The van der Waals surface area contributed by atoms with E-state index >= 15 is 0 Å². The number of benzene rings is 1. The maximum Gasteiger partial charge on any atom is 0.255 e. The fourth-order valence-corrected chi connectivity index (χ4v) is 1.76. The lowest BCUT2D eigenvalue weighted by Crippen LogP contribution is -2.20. The highest BCUT2D eigenvalue weighted by molar-refractivity contribution is 9.10. The summed E-state index contributed by atoms with van der Waals surface area (Å²) in [7, 11) is 0. The van der Waals surface area contributed by atoms with Gasteiger partial charge in [-0.05, 0) is 12.1 Å². The zero-order valence-electron chi connectivity index (χ0n) is 7.09. The lowest BCUT2D eigenvalue weighted by Gasteiger charge is -2.09. The normalized spacial score (nSPS) is 9.86. The lowest BCUT2D eigenvalue weighted by molar-refractivity contribution is -0.119. The predicted molar refractivity (Wildman–Crippen MR) is 58.3 cm³/mol. The monoisotopic (exact) mass is 278 g/mol. The van der Waals surface area contributed by atoms with Crippen molar-refractivity contribution >= 4 is 39.1 Å². The Bertz CT molecular complexity index is 347. The molecule has 0 radical (unpaired) electrons. The fourth-order valence-electron chi connectivity index (χ4n) is 0.876. The first-order valence-corrected chi connectivity index (χ1v) is 4.83. The van der Waals surface area contributed by atoms with Gasteiger partial charge in [-0.25, -0.2) is 0 Å². The third kappa shape index (κ3) is 2.78. The van der Waals surface area contributed by atoms with Crippen LogP contribution in [0.3, 0.4) is 0 Å². The number of nitrogens with two attached hydrogens (primary N) is 2. The van der Waals surface area contributed by atoms with E-state index in [1.54, 1.807) is 12.1 Å². The second-order valence-electron chi connectivity index (χ2n) is 2.56. The molecule has 4 N–H and O–H groups in total. The minimum atomic E-state index is -0.580. The minimum absolute atomic E-state index is 0.244. The van der Waals surface area contributed by atoms with Crippen LogP contribution in [0.2, 0.25) is 5.02 Å². The number of hydrogen-bond donors (Lipinski definition) is 2. The highest BCUT2D eigenvalue weighted by atomic mass is 79.9. The van der Waals surface area contributed by atoms with Crippen LogP contribution in [0.5, 0.6) is 5.75 Å². The molecule has 4 nitrogen and oxygen atoms in total. The Labute approximate surface area is 94.3 Å². The van der Waals surface area contributed by atoms with Crippen molar-refractivity contribution in [3.63, 3.8) is 0 Å². The van der Waals surface area contributed by atoms with E-state index in [0.717, 1.165) is 4.47 Å². The molecule has 0 unspecified atom stereocenters. The summed E-state index contributed by atoms with van der Waals surface area (Å²) in [6.07, 6.45) is 0. The molecule has 0 fully saturated rings. The van der Waals surface area contributed by atoms with Crippen LogP contribution in [0.4, 0.5) is 5.69 Å². The van der Waals surface area contributed by atoms with Crippen molar-refractivity contribution in [3.8, 4) is 5.75 Å². The van der Waals surface area contributed by atoms with Gasteiger partial charge in [0.1, 0.15) is 0 Å². The van der Waals surface area contributed by atoms with Crippen LogP contribution in [0, 0.1) is 0 Å². The van der Waals surface area contributed by atoms with Crippen LogP contribution in [0.15, 0.2) is 16.6 Å². The van der Waals surface area contributed by atoms with Crippen molar-refractivity contribution in [2.75, 3.05) is 12.3 Å². The van der Waals surface area contributed by atoms with E-state index in [0.29, 0.717) is 10.7 Å². The topological polar surface area (TPSA) is 78.3 Å². The standard InChI is InChI=1S/C8H8BrClN2O2/c9-4-1-5(10)8(6(11)2-4)14-3-7(12)13/h1-2H,3,11H2,(H2,12,13). The molecule has 76 valence electrons. The van der Waals surface area contributed by atoms with Gasteiger partial charge in [0.15, 0.2) is 12.4 Å². The van der Waals surface area contributed by atoms with Crippen LogP contribution in [0.25, 0.3) is 0 Å². The van der Waals surface area contributed by atoms with Gasteiger partial charge < -0.3 is 16.2 Å². The average Bonchev–Trinajstić information content (AvgIpc) is 2.01. The second-order valence-corrected chi connectivity index (χ2v) is 3.88. The molecule has 0 spiro atoms. The van der Waals surface area contributed by atoms with Gasteiger partial charge in [-0.3, -0.25) is 4.79 Å². The van der Waals surface area contributed by atoms with Crippen molar-refractivity contribution in [2.24, 2.45) is 5.73 Å². The van der Waals surface area contributed by atoms with E-state index in [1.807, 2.05) is 0 Å². The third-order valence-electron chi connectivity index (χ3n) is 1.40. The smallest absolute Gasteiger partial charge is 0.255 e. The molecule has 0 atom stereocenters. The van der Waals surface area contributed by atoms with E-state index in [4.69, 9.17) is 27.8 Å². The number of amides is 1. The number of halogens is 2. The highest BCUT2D eigenvalue weighted by Gasteiger charge is 2.08. The van der Waals surface area contributed by atoms with E-state index in [9.17, 15) is 4.79 Å². The Balaban J connectivity index is 2.91. The zero-order valence-corrected chi connectivity index (χ0v) is 9.43. The summed E-state index contributed by atoms with van der Waals surface area (Å²) >= 11 is 9.05. The van der Waals surface area contributed by atoms with E-state index in [2.05, 4.69) is 15.9 Å². The lowest BCUT2D eigenvalue weighted by atomic mass is 10.3. The molecule has 0 heterocycles. The summed E-state index contributed by atoms with van der Waals surface area (Å²) < 4.78 is 5.77. The van der Waals surface area contributed by atoms with Gasteiger partial charge >= 0.3 is 0 Å². The van der Waals surface area contributed by atoms with Crippen LogP contribution < -0.4 is 16.2 Å².